The highest BCUT2D eigenvalue weighted by molar-refractivity contribution is 7.87. The van der Waals surface area contributed by atoms with E-state index in [0.29, 0.717) is 6.42 Å². The lowest BCUT2D eigenvalue weighted by Gasteiger charge is -2.14. The third-order valence-electron chi connectivity index (χ3n) is 1.88. The van der Waals surface area contributed by atoms with Gasteiger partial charge < -0.3 is 5.11 Å². The van der Waals surface area contributed by atoms with Crippen LogP contribution in [0.4, 0.5) is 0 Å². The van der Waals surface area contributed by atoms with Gasteiger partial charge in [-0.1, -0.05) is 30.3 Å². The van der Waals surface area contributed by atoms with Crippen LogP contribution in [0.1, 0.15) is 5.56 Å². The van der Waals surface area contributed by atoms with Crippen LogP contribution < -0.4 is 9.86 Å². The highest BCUT2D eigenvalue weighted by atomic mass is 32.2. The fraction of sp³-hybridized carbons (Fsp3) is 0.333. The van der Waals surface area contributed by atoms with Gasteiger partial charge in [0.15, 0.2) is 0 Å². The molecule has 0 saturated heterocycles. The highest BCUT2D eigenvalue weighted by Crippen LogP contribution is 2.03. The maximum absolute atomic E-state index is 10.7. The molecule has 6 heteroatoms. The normalized spacial score (nSPS) is 13.7. The van der Waals surface area contributed by atoms with Crippen molar-refractivity contribution in [1.82, 2.24) is 4.72 Å². The first-order valence-electron chi connectivity index (χ1n) is 4.46. The maximum atomic E-state index is 10.7. The predicted molar refractivity (Wildman–Crippen MR) is 57.3 cm³/mol. The first-order valence-corrected chi connectivity index (χ1v) is 6.01. The van der Waals surface area contributed by atoms with Crippen LogP contribution in [0.3, 0.4) is 0 Å². The van der Waals surface area contributed by atoms with E-state index in [4.69, 9.17) is 10.2 Å². The number of hydrogen-bond donors (Lipinski definition) is 3. The van der Waals surface area contributed by atoms with Gasteiger partial charge in [0.25, 0.3) is 10.2 Å². The average molecular weight is 230 g/mol. The minimum Gasteiger partial charge on any atom is -0.395 e. The number of benzene rings is 1. The first kappa shape index (κ1) is 12.1. The molecule has 4 N–H and O–H groups in total. The van der Waals surface area contributed by atoms with Crippen molar-refractivity contribution in [3.05, 3.63) is 35.9 Å². The van der Waals surface area contributed by atoms with Crippen molar-refractivity contribution in [2.24, 2.45) is 5.14 Å². The summed E-state index contributed by atoms with van der Waals surface area (Å²) in [6.45, 7) is -0.286. The van der Waals surface area contributed by atoms with Crippen molar-refractivity contribution in [2.45, 2.75) is 12.5 Å². The van der Waals surface area contributed by atoms with Crippen molar-refractivity contribution >= 4 is 10.2 Å². The molecule has 0 fully saturated rings. The van der Waals surface area contributed by atoms with Gasteiger partial charge >= 0.3 is 0 Å². The van der Waals surface area contributed by atoms with E-state index in [0.717, 1.165) is 5.56 Å². The Kier molecular flexibility index (Phi) is 4.22. The molecule has 15 heavy (non-hydrogen) atoms. The van der Waals surface area contributed by atoms with E-state index >= 15 is 0 Å². The predicted octanol–water partition coefficient (Wildman–Crippen LogP) is -0.617. The molecular formula is C9H14N2O3S. The topological polar surface area (TPSA) is 92.4 Å². The van der Waals surface area contributed by atoms with Crippen molar-refractivity contribution in [3.63, 3.8) is 0 Å². The molecule has 0 saturated carbocycles. The van der Waals surface area contributed by atoms with Crippen molar-refractivity contribution in [2.75, 3.05) is 6.61 Å². The lowest BCUT2D eigenvalue weighted by molar-refractivity contribution is 0.256. The van der Waals surface area contributed by atoms with Gasteiger partial charge in [-0.25, -0.2) is 5.14 Å². The summed E-state index contributed by atoms with van der Waals surface area (Å²) in [6.07, 6.45) is 0.410. The summed E-state index contributed by atoms with van der Waals surface area (Å²) in [4.78, 5) is 0. The van der Waals surface area contributed by atoms with E-state index in [-0.39, 0.29) is 6.61 Å². The highest BCUT2D eigenvalue weighted by Gasteiger charge is 2.13. The summed E-state index contributed by atoms with van der Waals surface area (Å²) in [7, 11) is -3.77. The first-order chi connectivity index (χ1) is 7.01. The minimum atomic E-state index is -3.77. The molecule has 1 aromatic rings. The number of aliphatic hydroxyl groups is 1. The number of hydrogen-bond acceptors (Lipinski definition) is 3. The molecule has 0 aliphatic rings. The molecule has 1 aromatic carbocycles. The number of aliphatic hydroxyl groups excluding tert-OH is 1. The summed E-state index contributed by atoms with van der Waals surface area (Å²) in [5.41, 5.74) is 0.938. The molecular weight excluding hydrogens is 216 g/mol. The van der Waals surface area contributed by atoms with Crippen molar-refractivity contribution in [3.8, 4) is 0 Å². The fourth-order valence-electron chi connectivity index (χ4n) is 1.27. The zero-order chi connectivity index (χ0) is 11.3. The summed E-state index contributed by atoms with van der Waals surface area (Å²) in [6, 6.07) is 8.69. The quantitative estimate of drug-likeness (QED) is 0.629. The second-order valence-electron chi connectivity index (χ2n) is 3.23. The zero-order valence-corrected chi connectivity index (χ0v) is 8.94. The maximum Gasteiger partial charge on any atom is 0.274 e. The van der Waals surface area contributed by atoms with Crippen molar-refractivity contribution in [1.29, 1.82) is 0 Å². The molecule has 1 atom stereocenters. The van der Waals surface area contributed by atoms with E-state index in [2.05, 4.69) is 4.72 Å². The summed E-state index contributed by atoms with van der Waals surface area (Å²) < 4.78 is 23.6. The van der Waals surface area contributed by atoms with E-state index in [1.54, 1.807) is 0 Å². The summed E-state index contributed by atoms with van der Waals surface area (Å²) in [5, 5.41) is 13.8. The number of rotatable bonds is 5. The van der Waals surface area contributed by atoms with Crippen LogP contribution in [-0.2, 0) is 16.6 Å². The SMILES string of the molecule is NS(=O)(=O)N[C@@H](CO)Cc1ccccc1. The van der Waals surface area contributed by atoms with Crippen LogP contribution in [0.5, 0.6) is 0 Å². The smallest absolute Gasteiger partial charge is 0.274 e. The van der Waals surface area contributed by atoms with Gasteiger partial charge in [0, 0.05) is 0 Å². The largest absolute Gasteiger partial charge is 0.395 e. The van der Waals surface area contributed by atoms with Crippen LogP contribution in [0.25, 0.3) is 0 Å². The molecule has 0 heterocycles. The van der Waals surface area contributed by atoms with E-state index in [1.807, 2.05) is 30.3 Å². The Labute approximate surface area is 89.1 Å². The molecule has 0 radical (unpaired) electrons. The fourth-order valence-corrected chi connectivity index (χ4v) is 1.90. The van der Waals surface area contributed by atoms with Crippen molar-refractivity contribution < 1.29 is 13.5 Å². The van der Waals surface area contributed by atoms with Crippen LogP contribution in [0.2, 0.25) is 0 Å². The van der Waals surface area contributed by atoms with E-state index in [1.165, 1.54) is 0 Å². The second kappa shape index (κ2) is 5.22. The Morgan fingerprint density at radius 2 is 1.93 bits per heavy atom. The zero-order valence-electron chi connectivity index (χ0n) is 8.13. The third-order valence-corrected chi connectivity index (χ3v) is 2.54. The lowest BCUT2D eigenvalue weighted by atomic mass is 10.1. The molecule has 0 spiro atoms. The Morgan fingerprint density at radius 1 is 1.33 bits per heavy atom. The molecule has 0 amide bonds. The summed E-state index contributed by atoms with van der Waals surface area (Å²) in [5.74, 6) is 0. The van der Waals surface area contributed by atoms with Crippen LogP contribution >= 0.6 is 0 Å². The van der Waals surface area contributed by atoms with Gasteiger partial charge in [-0.2, -0.15) is 13.1 Å². The second-order valence-corrected chi connectivity index (χ2v) is 4.56. The number of nitrogens with two attached hydrogens (primary N) is 1. The van der Waals surface area contributed by atoms with Gasteiger partial charge in [-0.15, -0.1) is 0 Å². The number of nitrogens with one attached hydrogen (secondary N) is 1. The Hall–Kier alpha value is -0.950. The van der Waals surface area contributed by atoms with Crippen LogP contribution in [0, 0.1) is 0 Å². The van der Waals surface area contributed by atoms with Gasteiger partial charge in [-0.05, 0) is 12.0 Å². The van der Waals surface area contributed by atoms with Gasteiger partial charge in [0.1, 0.15) is 0 Å². The van der Waals surface area contributed by atoms with E-state index in [9.17, 15) is 8.42 Å². The average Bonchev–Trinajstić information content (AvgIpc) is 2.16. The standard InChI is InChI=1S/C9H14N2O3S/c10-15(13,14)11-9(7-12)6-8-4-2-1-3-5-8/h1-5,9,11-12H,6-7H2,(H2,10,13,14)/t9-/m1/s1. The molecule has 0 aromatic heterocycles. The lowest BCUT2D eigenvalue weighted by Crippen LogP contribution is -2.42. The molecule has 1 rings (SSSR count). The molecule has 0 aliphatic carbocycles. The van der Waals surface area contributed by atoms with Gasteiger partial charge in [0.2, 0.25) is 0 Å². The molecule has 84 valence electrons. The molecule has 5 nitrogen and oxygen atoms in total. The minimum absolute atomic E-state index is 0.286. The Morgan fingerprint density at radius 3 is 2.40 bits per heavy atom. The Bertz CT molecular complexity index is 391. The Balaban J connectivity index is 2.63. The van der Waals surface area contributed by atoms with Crippen LogP contribution in [-0.4, -0.2) is 26.2 Å². The van der Waals surface area contributed by atoms with Gasteiger partial charge in [-0.3, -0.25) is 0 Å². The molecule has 0 unspecified atom stereocenters. The third kappa shape index (κ3) is 4.89. The molecule has 0 bridgehead atoms. The van der Waals surface area contributed by atoms with Crippen LogP contribution in [0.15, 0.2) is 30.3 Å². The van der Waals surface area contributed by atoms with Gasteiger partial charge in [0.05, 0.1) is 12.6 Å². The summed E-state index contributed by atoms with van der Waals surface area (Å²) >= 11 is 0. The van der Waals surface area contributed by atoms with E-state index < -0.39 is 16.3 Å². The monoisotopic (exact) mass is 230 g/mol. The molecule has 0 aliphatic heterocycles.